The van der Waals surface area contributed by atoms with Crippen molar-refractivity contribution in [3.8, 4) is 0 Å². The summed E-state index contributed by atoms with van der Waals surface area (Å²) >= 11 is 0. The van der Waals surface area contributed by atoms with E-state index in [1.165, 1.54) is 0 Å². The first-order valence-corrected chi connectivity index (χ1v) is 8.34. The third-order valence-corrected chi connectivity index (χ3v) is 4.10. The van der Waals surface area contributed by atoms with Crippen LogP contribution in [0.25, 0.3) is 0 Å². The van der Waals surface area contributed by atoms with Crippen molar-refractivity contribution < 1.29 is 19.1 Å². The summed E-state index contributed by atoms with van der Waals surface area (Å²) in [7, 11) is 0. The monoisotopic (exact) mass is 333 g/mol. The van der Waals surface area contributed by atoms with Crippen LogP contribution in [-0.4, -0.2) is 50.3 Å². The molecule has 2 heterocycles. The number of rotatable bonds is 5. The van der Waals surface area contributed by atoms with Crippen LogP contribution >= 0.6 is 0 Å². The molecule has 0 aromatic heterocycles. The predicted molar refractivity (Wildman–Crippen MR) is 88.5 cm³/mol. The molecule has 2 amide bonds. The van der Waals surface area contributed by atoms with Gasteiger partial charge in [-0.2, -0.15) is 0 Å². The molecule has 2 atom stereocenters. The van der Waals surface area contributed by atoms with Gasteiger partial charge in [-0.05, 0) is 30.5 Å². The van der Waals surface area contributed by atoms with E-state index in [0.29, 0.717) is 32.0 Å². The largest absolute Gasteiger partial charge is 0.368 e. The molecule has 3 N–H and O–H groups in total. The topological polar surface area (TPSA) is 88.7 Å². The number of nitrogens with one attached hydrogen (secondary N) is 3. The summed E-state index contributed by atoms with van der Waals surface area (Å²) in [5.41, 5.74) is 1.62. The zero-order chi connectivity index (χ0) is 16.8. The molecule has 2 fully saturated rings. The van der Waals surface area contributed by atoms with Gasteiger partial charge in [0.25, 0.3) is 11.8 Å². The first kappa shape index (κ1) is 16.9. The highest BCUT2D eigenvalue weighted by atomic mass is 16.5. The highest BCUT2D eigenvalue weighted by Gasteiger charge is 2.24. The molecular weight excluding hydrogens is 310 g/mol. The van der Waals surface area contributed by atoms with Gasteiger partial charge < -0.3 is 25.4 Å². The first-order chi connectivity index (χ1) is 11.7. The van der Waals surface area contributed by atoms with Crippen LogP contribution < -0.4 is 16.0 Å². The third-order valence-electron chi connectivity index (χ3n) is 4.10. The Labute approximate surface area is 141 Å². The second kappa shape index (κ2) is 8.23. The Morgan fingerprint density at radius 1 is 1.17 bits per heavy atom. The Morgan fingerprint density at radius 3 is 2.79 bits per heavy atom. The lowest BCUT2D eigenvalue weighted by atomic mass is 10.1. The molecule has 0 aliphatic carbocycles. The lowest BCUT2D eigenvalue weighted by molar-refractivity contribution is -0.134. The summed E-state index contributed by atoms with van der Waals surface area (Å²) in [5.74, 6) is -0.244. The second-order valence-corrected chi connectivity index (χ2v) is 5.97. The Kier molecular flexibility index (Phi) is 5.79. The van der Waals surface area contributed by atoms with Crippen molar-refractivity contribution in [2.24, 2.45) is 0 Å². The predicted octanol–water partition coefficient (Wildman–Crippen LogP) is 0.409. The molecule has 0 saturated carbocycles. The quantitative estimate of drug-likeness (QED) is 0.726. The van der Waals surface area contributed by atoms with Gasteiger partial charge in [0.15, 0.2) is 0 Å². The van der Waals surface area contributed by atoms with E-state index in [1.54, 1.807) is 0 Å². The molecule has 0 spiro atoms. The normalized spacial score (nSPS) is 23.7. The summed E-state index contributed by atoms with van der Waals surface area (Å²) in [5, 5.41) is 8.85. The molecule has 2 aliphatic heterocycles. The standard InChI is InChI=1S/C17H23N3O4/c21-16(15-11-18-6-8-24-15)19-10-12-3-1-4-13(9-12)20-17(22)14-5-2-7-23-14/h1,3-4,9,14-15,18H,2,5-8,10-11H2,(H,19,21)(H,20,22). The summed E-state index contributed by atoms with van der Waals surface area (Å²) in [6, 6.07) is 7.44. The molecule has 130 valence electrons. The van der Waals surface area contributed by atoms with Gasteiger partial charge in [-0.1, -0.05) is 12.1 Å². The van der Waals surface area contributed by atoms with Crippen molar-refractivity contribution in [2.45, 2.75) is 31.6 Å². The van der Waals surface area contributed by atoms with E-state index in [2.05, 4.69) is 16.0 Å². The SMILES string of the molecule is O=C(NCc1cccc(NC(=O)C2CCCO2)c1)C1CNCCO1. The minimum Gasteiger partial charge on any atom is -0.368 e. The van der Waals surface area contributed by atoms with Crippen LogP contribution in [0.1, 0.15) is 18.4 Å². The first-order valence-electron chi connectivity index (χ1n) is 8.34. The summed E-state index contributed by atoms with van der Waals surface area (Å²) in [4.78, 5) is 24.1. The van der Waals surface area contributed by atoms with E-state index in [0.717, 1.165) is 24.9 Å². The van der Waals surface area contributed by atoms with Crippen LogP contribution in [-0.2, 0) is 25.6 Å². The Morgan fingerprint density at radius 2 is 2.04 bits per heavy atom. The van der Waals surface area contributed by atoms with Gasteiger partial charge in [0.05, 0.1) is 6.61 Å². The average molecular weight is 333 g/mol. The number of hydrogen-bond donors (Lipinski definition) is 3. The number of morpholine rings is 1. The molecule has 7 heteroatoms. The number of carbonyl (C=O) groups is 2. The zero-order valence-corrected chi connectivity index (χ0v) is 13.5. The molecule has 0 bridgehead atoms. The smallest absolute Gasteiger partial charge is 0.253 e. The van der Waals surface area contributed by atoms with Gasteiger partial charge in [0, 0.05) is 31.9 Å². The van der Waals surface area contributed by atoms with Crippen molar-refractivity contribution in [2.75, 3.05) is 31.6 Å². The molecular formula is C17H23N3O4. The van der Waals surface area contributed by atoms with Crippen molar-refractivity contribution in [3.05, 3.63) is 29.8 Å². The number of carbonyl (C=O) groups excluding carboxylic acids is 2. The van der Waals surface area contributed by atoms with Gasteiger partial charge in [-0.3, -0.25) is 9.59 Å². The fraction of sp³-hybridized carbons (Fsp3) is 0.529. The van der Waals surface area contributed by atoms with Gasteiger partial charge in [-0.15, -0.1) is 0 Å². The number of ether oxygens (including phenoxy) is 2. The molecule has 2 saturated heterocycles. The molecule has 3 rings (SSSR count). The number of amides is 2. The maximum absolute atomic E-state index is 12.1. The molecule has 1 aromatic rings. The second-order valence-electron chi connectivity index (χ2n) is 5.97. The number of benzene rings is 1. The van der Waals surface area contributed by atoms with Gasteiger partial charge in [-0.25, -0.2) is 0 Å². The Bertz CT molecular complexity index is 581. The van der Waals surface area contributed by atoms with E-state index in [1.807, 2.05) is 24.3 Å². The van der Waals surface area contributed by atoms with E-state index < -0.39 is 6.10 Å². The summed E-state index contributed by atoms with van der Waals surface area (Å²) in [6.07, 6.45) is 0.879. The minimum atomic E-state index is -0.443. The van der Waals surface area contributed by atoms with Crippen LogP contribution in [0.5, 0.6) is 0 Å². The Balaban J connectivity index is 1.51. The van der Waals surface area contributed by atoms with Gasteiger partial charge in [0.1, 0.15) is 12.2 Å². The van der Waals surface area contributed by atoms with E-state index in [4.69, 9.17) is 9.47 Å². The highest BCUT2D eigenvalue weighted by Crippen LogP contribution is 2.16. The third kappa shape index (κ3) is 4.53. The average Bonchev–Trinajstić information content (AvgIpc) is 3.15. The molecule has 2 unspecified atom stereocenters. The Hall–Kier alpha value is -1.96. The number of anilines is 1. The van der Waals surface area contributed by atoms with Crippen LogP contribution in [0.2, 0.25) is 0 Å². The molecule has 7 nitrogen and oxygen atoms in total. The molecule has 2 aliphatic rings. The maximum Gasteiger partial charge on any atom is 0.253 e. The summed E-state index contributed by atoms with van der Waals surface area (Å²) < 4.78 is 10.8. The van der Waals surface area contributed by atoms with Crippen molar-refractivity contribution >= 4 is 17.5 Å². The van der Waals surface area contributed by atoms with Crippen molar-refractivity contribution in [1.82, 2.24) is 10.6 Å². The highest BCUT2D eigenvalue weighted by molar-refractivity contribution is 5.94. The van der Waals surface area contributed by atoms with Gasteiger partial charge >= 0.3 is 0 Å². The van der Waals surface area contributed by atoms with Crippen LogP contribution in [0.3, 0.4) is 0 Å². The lowest BCUT2D eigenvalue weighted by Crippen LogP contribution is -2.47. The molecule has 24 heavy (non-hydrogen) atoms. The van der Waals surface area contributed by atoms with Crippen LogP contribution in [0.4, 0.5) is 5.69 Å². The van der Waals surface area contributed by atoms with Crippen LogP contribution in [0, 0.1) is 0 Å². The van der Waals surface area contributed by atoms with Crippen molar-refractivity contribution in [3.63, 3.8) is 0 Å². The van der Waals surface area contributed by atoms with Gasteiger partial charge in [0.2, 0.25) is 0 Å². The van der Waals surface area contributed by atoms with E-state index in [-0.39, 0.29) is 17.9 Å². The minimum absolute atomic E-state index is 0.115. The van der Waals surface area contributed by atoms with Crippen molar-refractivity contribution in [1.29, 1.82) is 0 Å². The summed E-state index contributed by atoms with van der Waals surface area (Å²) in [6.45, 7) is 2.88. The van der Waals surface area contributed by atoms with E-state index in [9.17, 15) is 9.59 Å². The fourth-order valence-corrected chi connectivity index (χ4v) is 2.80. The van der Waals surface area contributed by atoms with E-state index >= 15 is 0 Å². The number of hydrogen-bond acceptors (Lipinski definition) is 5. The zero-order valence-electron chi connectivity index (χ0n) is 13.5. The maximum atomic E-state index is 12.1. The van der Waals surface area contributed by atoms with Crippen LogP contribution in [0.15, 0.2) is 24.3 Å². The lowest BCUT2D eigenvalue weighted by Gasteiger charge is -2.22. The fourth-order valence-electron chi connectivity index (χ4n) is 2.80. The molecule has 0 radical (unpaired) electrons. The molecule has 1 aromatic carbocycles.